The van der Waals surface area contributed by atoms with Crippen molar-refractivity contribution in [1.82, 2.24) is 9.88 Å². The molecule has 2 heterocycles. The number of anilines is 1. The fraction of sp³-hybridized carbons (Fsp3) is 0.400. The number of nitrogens with two attached hydrogens (primary N) is 1. The summed E-state index contributed by atoms with van der Waals surface area (Å²) in [6.45, 7) is 2.15. The summed E-state index contributed by atoms with van der Waals surface area (Å²) in [6.07, 6.45) is 4.04. The number of nitrogens with zero attached hydrogens (tertiary/aromatic N) is 2. The van der Waals surface area contributed by atoms with Crippen LogP contribution in [0.3, 0.4) is 0 Å². The van der Waals surface area contributed by atoms with Crippen LogP contribution in [0.25, 0.3) is 10.9 Å². The van der Waals surface area contributed by atoms with Crippen LogP contribution in [-0.2, 0) is 0 Å². The molecule has 1 aromatic heterocycles. The monoisotopic (exact) mass is 257 g/mol. The highest BCUT2D eigenvalue weighted by Gasteiger charge is 2.20. The molecule has 1 saturated heterocycles. The van der Waals surface area contributed by atoms with Crippen molar-refractivity contribution in [1.29, 1.82) is 0 Å². The standard InChI is InChI=1S/C15H19N3O/c1-18-8-6-11(7-9-18)19-15-12-4-2-3-5-14(12)17-10-13(15)16/h2-5,10-11H,6-9,16H2,1H3. The number of fused-ring (bicyclic) bond motifs is 1. The van der Waals surface area contributed by atoms with Crippen LogP contribution in [0.1, 0.15) is 12.8 Å². The summed E-state index contributed by atoms with van der Waals surface area (Å²) >= 11 is 0. The highest BCUT2D eigenvalue weighted by molar-refractivity contribution is 5.89. The molecule has 19 heavy (non-hydrogen) atoms. The van der Waals surface area contributed by atoms with E-state index in [-0.39, 0.29) is 6.10 Å². The summed E-state index contributed by atoms with van der Waals surface area (Å²) in [5.74, 6) is 0.792. The summed E-state index contributed by atoms with van der Waals surface area (Å²) in [5.41, 5.74) is 7.59. The molecular formula is C15H19N3O. The largest absolute Gasteiger partial charge is 0.487 e. The summed E-state index contributed by atoms with van der Waals surface area (Å²) in [7, 11) is 2.15. The minimum absolute atomic E-state index is 0.254. The molecule has 100 valence electrons. The van der Waals surface area contributed by atoms with Crippen molar-refractivity contribution in [2.45, 2.75) is 18.9 Å². The number of rotatable bonds is 2. The highest BCUT2D eigenvalue weighted by atomic mass is 16.5. The molecule has 1 fully saturated rings. The number of benzene rings is 1. The Labute approximate surface area is 113 Å². The van der Waals surface area contributed by atoms with Gasteiger partial charge in [-0.05, 0) is 32.0 Å². The van der Waals surface area contributed by atoms with E-state index < -0.39 is 0 Å². The Kier molecular flexibility index (Phi) is 3.25. The van der Waals surface area contributed by atoms with Crippen LogP contribution in [-0.4, -0.2) is 36.1 Å². The van der Waals surface area contributed by atoms with Gasteiger partial charge in [-0.2, -0.15) is 0 Å². The van der Waals surface area contributed by atoms with Crippen LogP contribution in [0.5, 0.6) is 5.75 Å². The normalized spacial score (nSPS) is 17.7. The van der Waals surface area contributed by atoms with Crippen LogP contribution in [0.2, 0.25) is 0 Å². The van der Waals surface area contributed by atoms with Crippen LogP contribution in [0.15, 0.2) is 30.5 Å². The van der Waals surface area contributed by atoms with Crippen LogP contribution < -0.4 is 10.5 Å². The lowest BCUT2D eigenvalue weighted by Gasteiger charge is -2.29. The lowest BCUT2D eigenvalue weighted by Crippen LogP contribution is -2.35. The van der Waals surface area contributed by atoms with Gasteiger partial charge in [0.1, 0.15) is 6.10 Å². The van der Waals surface area contributed by atoms with Crippen molar-refractivity contribution in [2.75, 3.05) is 25.9 Å². The third-order valence-corrected chi connectivity index (χ3v) is 3.70. The summed E-state index contributed by atoms with van der Waals surface area (Å²) in [4.78, 5) is 6.66. The quantitative estimate of drug-likeness (QED) is 0.897. The first-order chi connectivity index (χ1) is 9.24. The molecule has 0 spiro atoms. The van der Waals surface area contributed by atoms with Gasteiger partial charge in [0.15, 0.2) is 5.75 Å². The molecule has 4 heteroatoms. The van der Waals surface area contributed by atoms with Gasteiger partial charge in [0, 0.05) is 18.5 Å². The number of aromatic nitrogens is 1. The second-order valence-corrected chi connectivity index (χ2v) is 5.18. The average molecular weight is 257 g/mol. The lowest BCUT2D eigenvalue weighted by atomic mass is 10.1. The Morgan fingerprint density at radius 3 is 2.79 bits per heavy atom. The Morgan fingerprint density at radius 1 is 1.26 bits per heavy atom. The molecular weight excluding hydrogens is 238 g/mol. The SMILES string of the molecule is CN1CCC(Oc2c(N)cnc3ccccc23)CC1. The smallest absolute Gasteiger partial charge is 0.153 e. The second-order valence-electron chi connectivity index (χ2n) is 5.18. The van der Waals surface area contributed by atoms with Crippen molar-refractivity contribution in [3.05, 3.63) is 30.5 Å². The molecule has 0 saturated carbocycles. The van der Waals surface area contributed by atoms with Gasteiger partial charge in [-0.3, -0.25) is 4.98 Å². The third kappa shape index (κ3) is 2.49. The Morgan fingerprint density at radius 2 is 2.00 bits per heavy atom. The topological polar surface area (TPSA) is 51.4 Å². The van der Waals surface area contributed by atoms with E-state index in [0.717, 1.165) is 42.6 Å². The van der Waals surface area contributed by atoms with Gasteiger partial charge in [-0.15, -0.1) is 0 Å². The molecule has 0 atom stereocenters. The number of likely N-dealkylation sites (tertiary alicyclic amines) is 1. The van der Waals surface area contributed by atoms with Gasteiger partial charge in [0.2, 0.25) is 0 Å². The minimum atomic E-state index is 0.254. The van der Waals surface area contributed by atoms with E-state index in [1.165, 1.54) is 0 Å². The zero-order valence-electron chi connectivity index (χ0n) is 11.2. The molecule has 0 bridgehead atoms. The van der Waals surface area contributed by atoms with E-state index in [9.17, 15) is 0 Å². The van der Waals surface area contributed by atoms with Crippen molar-refractivity contribution >= 4 is 16.6 Å². The molecule has 3 rings (SSSR count). The first-order valence-electron chi connectivity index (χ1n) is 6.72. The maximum Gasteiger partial charge on any atom is 0.153 e. The number of ether oxygens (including phenoxy) is 1. The molecule has 0 amide bonds. The van der Waals surface area contributed by atoms with E-state index >= 15 is 0 Å². The van der Waals surface area contributed by atoms with E-state index in [2.05, 4.69) is 16.9 Å². The molecule has 1 aliphatic heterocycles. The molecule has 0 aliphatic carbocycles. The summed E-state index contributed by atoms with van der Waals surface area (Å²) in [5, 5.41) is 1.00. The van der Waals surface area contributed by atoms with Gasteiger partial charge in [0.05, 0.1) is 17.4 Å². The average Bonchev–Trinajstić information content (AvgIpc) is 2.44. The van der Waals surface area contributed by atoms with E-state index in [1.807, 2.05) is 24.3 Å². The third-order valence-electron chi connectivity index (χ3n) is 3.70. The van der Waals surface area contributed by atoms with E-state index in [4.69, 9.17) is 10.5 Å². The van der Waals surface area contributed by atoms with Crippen molar-refractivity contribution in [2.24, 2.45) is 0 Å². The second kappa shape index (κ2) is 5.05. The molecule has 0 radical (unpaired) electrons. The number of hydrogen-bond acceptors (Lipinski definition) is 4. The maximum absolute atomic E-state index is 6.16. The fourth-order valence-electron chi connectivity index (χ4n) is 2.53. The Balaban J connectivity index is 1.89. The predicted molar refractivity (Wildman–Crippen MR) is 77.3 cm³/mol. The van der Waals surface area contributed by atoms with Gasteiger partial charge < -0.3 is 15.4 Å². The number of piperidine rings is 1. The van der Waals surface area contributed by atoms with Gasteiger partial charge in [-0.25, -0.2) is 0 Å². The van der Waals surface area contributed by atoms with E-state index in [1.54, 1.807) is 6.20 Å². The zero-order valence-corrected chi connectivity index (χ0v) is 11.2. The van der Waals surface area contributed by atoms with Gasteiger partial charge >= 0.3 is 0 Å². The Hall–Kier alpha value is -1.81. The highest BCUT2D eigenvalue weighted by Crippen LogP contribution is 2.32. The number of pyridine rings is 1. The number of nitrogen functional groups attached to an aromatic ring is 1. The summed E-state index contributed by atoms with van der Waals surface area (Å²) in [6, 6.07) is 7.97. The number of hydrogen-bond donors (Lipinski definition) is 1. The summed E-state index contributed by atoms with van der Waals surface area (Å²) < 4.78 is 6.16. The van der Waals surface area contributed by atoms with Crippen LogP contribution >= 0.6 is 0 Å². The molecule has 4 nitrogen and oxygen atoms in total. The number of para-hydroxylation sites is 1. The Bertz CT molecular complexity index is 577. The minimum Gasteiger partial charge on any atom is -0.487 e. The van der Waals surface area contributed by atoms with E-state index in [0.29, 0.717) is 5.69 Å². The van der Waals surface area contributed by atoms with Crippen LogP contribution in [0, 0.1) is 0 Å². The van der Waals surface area contributed by atoms with Crippen molar-refractivity contribution in [3.63, 3.8) is 0 Å². The molecule has 1 aromatic carbocycles. The van der Waals surface area contributed by atoms with Gasteiger partial charge in [-0.1, -0.05) is 12.1 Å². The lowest BCUT2D eigenvalue weighted by molar-refractivity contribution is 0.116. The first-order valence-corrected chi connectivity index (χ1v) is 6.72. The van der Waals surface area contributed by atoms with Gasteiger partial charge in [0.25, 0.3) is 0 Å². The van der Waals surface area contributed by atoms with Crippen molar-refractivity contribution in [3.8, 4) is 5.75 Å². The van der Waals surface area contributed by atoms with Crippen molar-refractivity contribution < 1.29 is 4.74 Å². The predicted octanol–water partition coefficient (Wildman–Crippen LogP) is 2.29. The molecule has 2 aromatic rings. The van der Waals surface area contributed by atoms with Crippen LogP contribution in [0.4, 0.5) is 5.69 Å². The molecule has 0 unspecified atom stereocenters. The first kappa shape index (κ1) is 12.2. The fourth-order valence-corrected chi connectivity index (χ4v) is 2.53. The maximum atomic E-state index is 6.16. The molecule has 2 N–H and O–H groups in total. The molecule has 1 aliphatic rings. The zero-order chi connectivity index (χ0) is 13.2.